The van der Waals surface area contributed by atoms with Gasteiger partial charge in [-0.2, -0.15) is 5.10 Å². The van der Waals surface area contributed by atoms with E-state index in [0.29, 0.717) is 17.3 Å². The van der Waals surface area contributed by atoms with Gasteiger partial charge in [-0.25, -0.2) is 4.68 Å². The van der Waals surface area contributed by atoms with Crippen molar-refractivity contribution in [2.45, 2.75) is 39.2 Å². The van der Waals surface area contributed by atoms with Gasteiger partial charge >= 0.3 is 0 Å². The van der Waals surface area contributed by atoms with Gasteiger partial charge in [0.25, 0.3) is 0 Å². The van der Waals surface area contributed by atoms with Crippen molar-refractivity contribution >= 4 is 23.3 Å². The standard InChI is InChI=1S/C22H22ClN3O2/c1-13(2)28-16-9-7-15(8-10-16)17-11-21(27)25-22-18(17)12-24-26(22)20-6-4-5-19(23)14(20)3/h4-10,12-13,17H,11H2,1-3H3,(H,25,27)/t17-/m1/s1. The number of carbonyl (C=O) groups is 1. The summed E-state index contributed by atoms with van der Waals surface area (Å²) in [7, 11) is 0. The molecule has 0 bridgehead atoms. The number of halogens is 1. The number of anilines is 1. The third-order valence-corrected chi connectivity index (χ3v) is 5.35. The lowest BCUT2D eigenvalue weighted by Crippen LogP contribution is -2.24. The van der Waals surface area contributed by atoms with Crippen LogP contribution in [0.15, 0.2) is 48.7 Å². The second-order valence-electron chi connectivity index (χ2n) is 7.28. The molecule has 0 saturated heterocycles. The van der Waals surface area contributed by atoms with E-state index >= 15 is 0 Å². The Hall–Kier alpha value is -2.79. The van der Waals surface area contributed by atoms with Gasteiger partial charge < -0.3 is 10.1 Å². The van der Waals surface area contributed by atoms with Crippen molar-refractivity contribution in [2.75, 3.05) is 5.32 Å². The molecule has 3 aromatic rings. The lowest BCUT2D eigenvalue weighted by Gasteiger charge is -2.24. The monoisotopic (exact) mass is 395 g/mol. The van der Waals surface area contributed by atoms with E-state index in [1.54, 1.807) is 4.68 Å². The number of hydrogen-bond donors (Lipinski definition) is 1. The summed E-state index contributed by atoms with van der Waals surface area (Å²) >= 11 is 6.28. The summed E-state index contributed by atoms with van der Waals surface area (Å²) in [5.74, 6) is 1.45. The SMILES string of the molecule is Cc1c(Cl)cccc1-n1ncc2c1NC(=O)C[C@@H]2c1ccc(OC(C)C)cc1. The van der Waals surface area contributed by atoms with Crippen LogP contribution < -0.4 is 10.1 Å². The largest absolute Gasteiger partial charge is 0.491 e. The van der Waals surface area contributed by atoms with Crippen molar-refractivity contribution in [1.82, 2.24) is 9.78 Å². The van der Waals surface area contributed by atoms with Gasteiger partial charge in [0.15, 0.2) is 0 Å². The zero-order chi connectivity index (χ0) is 19.8. The molecule has 0 spiro atoms. The highest BCUT2D eigenvalue weighted by Gasteiger charge is 2.30. The van der Waals surface area contributed by atoms with E-state index in [2.05, 4.69) is 10.4 Å². The second kappa shape index (κ2) is 7.32. The zero-order valence-corrected chi connectivity index (χ0v) is 16.8. The first-order chi connectivity index (χ1) is 13.4. The molecule has 2 heterocycles. The van der Waals surface area contributed by atoms with Gasteiger partial charge in [0.2, 0.25) is 5.91 Å². The topological polar surface area (TPSA) is 56.2 Å². The van der Waals surface area contributed by atoms with Crippen LogP contribution in [0.3, 0.4) is 0 Å². The molecular weight excluding hydrogens is 374 g/mol. The third-order valence-electron chi connectivity index (χ3n) is 4.94. The van der Waals surface area contributed by atoms with E-state index in [9.17, 15) is 4.79 Å². The van der Waals surface area contributed by atoms with E-state index < -0.39 is 0 Å². The van der Waals surface area contributed by atoms with Crippen molar-refractivity contribution in [3.63, 3.8) is 0 Å². The lowest BCUT2D eigenvalue weighted by atomic mass is 9.87. The lowest BCUT2D eigenvalue weighted by molar-refractivity contribution is -0.116. The minimum atomic E-state index is -0.0508. The van der Waals surface area contributed by atoms with Crippen LogP contribution in [0.4, 0.5) is 5.82 Å². The number of carbonyl (C=O) groups excluding carboxylic acids is 1. The highest BCUT2D eigenvalue weighted by molar-refractivity contribution is 6.31. The molecule has 6 heteroatoms. The first-order valence-corrected chi connectivity index (χ1v) is 9.71. The maximum absolute atomic E-state index is 12.5. The average molecular weight is 396 g/mol. The van der Waals surface area contributed by atoms with Gasteiger partial charge in [-0.1, -0.05) is 29.8 Å². The molecule has 1 aromatic heterocycles. The van der Waals surface area contributed by atoms with Gasteiger partial charge in [-0.3, -0.25) is 4.79 Å². The molecule has 144 valence electrons. The van der Waals surface area contributed by atoms with Crippen molar-refractivity contribution in [1.29, 1.82) is 0 Å². The number of nitrogens with zero attached hydrogens (tertiary/aromatic N) is 2. The average Bonchev–Trinajstić information content (AvgIpc) is 3.07. The molecule has 1 atom stereocenters. The first-order valence-electron chi connectivity index (χ1n) is 9.34. The van der Waals surface area contributed by atoms with Crippen molar-refractivity contribution < 1.29 is 9.53 Å². The molecule has 2 aromatic carbocycles. The third kappa shape index (κ3) is 3.38. The normalized spacial score (nSPS) is 16.0. The van der Waals surface area contributed by atoms with Crippen LogP contribution in [0.2, 0.25) is 5.02 Å². The van der Waals surface area contributed by atoms with Crippen molar-refractivity contribution in [2.24, 2.45) is 0 Å². The van der Waals surface area contributed by atoms with Crippen LogP contribution in [0.5, 0.6) is 5.75 Å². The Morgan fingerprint density at radius 1 is 1.21 bits per heavy atom. The van der Waals surface area contributed by atoms with Crippen LogP contribution in [-0.4, -0.2) is 21.8 Å². The quantitative estimate of drug-likeness (QED) is 0.669. The maximum atomic E-state index is 12.5. The molecule has 5 nitrogen and oxygen atoms in total. The molecule has 0 fully saturated rings. The number of nitrogens with one attached hydrogen (secondary N) is 1. The van der Waals surface area contributed by atoms with Crippen LogP contribution in [-0.2, 0) is 4.79 Å². The summed E-state index contributed by atoms with van der Waals surface area (Å²) < 4.78 is 7.49. The predicted octanol–water partition coefficient (Wildman–Crippen LogP) is 5.10. The van der Waals surface area contributed by atoms with Crippen molar-refractivity contribution in [3.05, 3.63) is 70.4 Å². The summed E-state index contributed by atoms with van der Waals surface area (Å²) in [5, 5.41) is 8.21. The molecule has 1 amide bonds. The van der Waals surface area contributed by atoms with Gasteiger partial charge in [-0.15, -0.1) is 0 Å². The highest BCUT2D eigenvalue weighted by atomic mass is 35.5. The number of rotatable bonds is 4. The molecule has 1 aliphatic rings. The number of benzene rings is 2. The van der Waals surface area contributed by atoms with E-state index in [1.807, 2.05) is 69.4 Å². The molecule has 1 aliphatic heterocycles. The summed E-state index contributed by atoms with van der Waals surface area (Å²) in [4.78, 5) is 12.5. The van der Waals surface area contributed by atoms with Gasteiger partial charge in [0.1, 0.15) is 11.6 Å². The second-order valence-corrected chi connectivity index (χ2v) is 7.69. The first kappa shape index (κ1) is 18.6. The van der Waals surface area contributed by atoms with Gasteiger partial charge in [-0.05, 0) is 56.2 Å². The minimum Gasteiger partial charge on any atom is -0.491 e. The Balaban J connectivity index is 1.73. The number of amides is 1. The number of aromatic nitrogens is 2. The summed E-state index contributed by atoms with van der Waals surface area (Å²) in [6, 6.07) is 13.6. The molecule has 0 unspecified atom stereocenters. The van der Waals surface area contributed by atoms with Crippen LogP contribution in [0.25, 0.3) is 5.69 Å². The van der Waals surface area contributed by atoms with E-state index in [4.69, 9.17) is 16.3 Å². The van der Waals surface area contributed by atoms with E-state index in [1.165, 1.54) is 0 Å². The Kier molecular flexibility index (Phi) is 4.85. The zero-order valence-electron chi connectivity index (χ0n) is 16.1. The minimum absolute atomic E-state index is 0.0264. The smallest absolute Gasteiger partial charge is 0.226 e. The van der Waals surface area contributed by atoms with E-state index in [-0.39, 0.29) is 17.9 Å². The fourth-order valence-corrected chi connectivity index (χ4v) is 3.75. The number of hydrogen-bond acceptors (Lipinski definition) is 3. The van der Waals surface area contributed by atoms with Crippen LogP contribution in [0.1, 0.15) is 42.9 Å². The van der Waals surface area contributed by atoms with Gasteiger partial charge in [0, 0.05) is 22.9 Å². The van der Waals surface area contributed by atoms with E-state index in [0.717, 1.165) is 28.1 Å². The Bertz CT molecular complexity index is 1020. The Labute approximate surface area is 169 Å². The Morgan fingerprint density at radius 3 is 2.68 bits per heavy atom. The van der Waals surface area contributed by atoms with Crippen LogP contribution in [0, 0.1) is 6.92 Å². The molecule has 0 saturated carbocycles. The molecule has 28 heavy (non-hydrogen) atoms. The summed E-state index contributed by atoms with van der Waals surface area (Å²) in [6.45, 7) is 5.94. The predicted molar refractivity (Wildman–Crippen MR) is 111 cm³/mol. The molecular formula is C22H22ClN3O2. The number of ether oxygens (including phenoxy) is 1. The molecule has 0 aliphatic carbocycles. The Morgan fingerprint density at radius 2 is 1.96 bits per heavy atom. The highest BCUT2D eigenvalue weighted by Crippen LogP contribution is 2.39. The summed E-state index contributed by atoms with van der Waals surface area (Å²) in [6.07, 6.45) is 2.34. The maximum Gasteiger partial charge on any atom is 0.226 e. The van der Waals surface area contributed by atoms with Gasteiger partial charge in [0.05, 0.1) is 18.0 Å². The number of fused-ring (bicyclic) bond motifs is 1. The van der Waals surface area contributed by atoms with Crippen LogP contribution >= 0.6 is 11.6 Å². The molecule has 4 rings (SSSR count). The summed E-state index contributed by atoms with van der Waals surface area (Å²) in [5.41, 5.74) is 3.84. The van der Waals surface area contributed by atoms with Crippen molar-refractivity contribution in [3.8, 4) is 11.4 Å². The fraction of sp³-hybridized carbons (Fsp3) is 0.273. The molecule has 1 N–H and O–H groups in total. The fourth-order valence-electron chi connectivity index (χ4n) is 3.58. The molecule has 0 radical (unpaired) electrons.